The summed E-state index contributed by atoms with van der Waals surface area (Å²) < 4.78 is 3.72. The van der Waals surface area contributed by atoms with E-state index in [1.165, 1.54) is 30.1 Å². The van der Waals surface area contributed by atoms with Gasteiger partial charge in [0.05, 0.1) is 6.20 Å². The molecule has 1 aliphatic heterocycles. The number of aromatic nitrogens is 4. The van der Waals surface area contributed by atoms with Crippen LogP contribution < -0.4 is 5.32 Å². The topological polar surface area (TPSA) is 101 Å². The van der Waals surface area contributed by atoms with E-state index >= 15 is 0 Å². The molecule has 1 N–H and O–H groups in total. The van der Waals surface area contributed by atoms with Crippen LogP contribution in [0.3, 0.4) is 0 Å². The van der Waals surface area contributed by atoms with Gasteiger partial charge in [0.2, 0.25) is 0 Å². The largest absolute Gasteiger partial charge is 0.348 e. The second-order valence-electron chi connectivity index (χ2n) is 5.27. The van der Waals surface area contributed by atoms with Crippen molar-refractivity contribution in [2.24, 2.45) is 0 Å². The van der Waals surface area contributed by atoms with Crippen molar-refractivity contribution in [3.8, 4) is 0 Å². The SMILES string of the molecule is O=C(NC1CCCN(C(=O)c2csnn2)CC1)c1cnccn1. The third-order valence-corrected chi connectivity index (χ3v) is 4.23. The lowest BCUT2D eigenvalue weighted by atomic mass is 10.1. The molecular formula is C14H16N6O2S. The minimum Gasteiger partial charge on any atom is -0.348 e. The molecule has 1 fully saturated rings. The van der Waals surface area contributed by atoms with E-state index in [2.05, 4.69) is 24.9 Å². The zero-order valence-corrected chi connectivity index (χ0v) is 13.2. The van der Waals surface area contributed by atoms with Gasteiger partial charge in [0, 0.05) is 36.9 Å². The number of hydrogen-bond donors (Lipinski definition) is 1. The Bertz CT molecular complexity index is 663. The first-order valence-electron chi connectivity index (χ1n) is 7.37. The summed E-state index contributed by atoms with van der Waals surface area (Å²) in [7, 11) is 0. The van der Waals surface area contributed by atoms with E-state index in [0.29, 0.717) is 30.9 Å². The molecule has 3 rings (SSSR count). The van der Waals surface area contributed by atoms with Crippen LogP contribution in [0, 0.1) is 0 Å². The first-order valence-corrected chi connectivity index (χ1v) is 8.21. The summed E-state index contributed by atoms with van der Waals surface area (Å²) in [4.78, 5) is 34.1. The van der Waals surface area contributed by atoms with Crippen LogP contribution in [0.4, 0.5) is 0 Å². The number of carbonyl (C=O) groups is 2. The summed E-state index contributed by atoms with van der Waals surface area (Å²) >= 11 is 1.17. The Balaban J connectivity index is 1.56. The lowest BCUT2D eigenvalue weighted by Crippen LogP contribution is -2.37. The maximum Gasteiger partial charge on any atom is 0.275 e. The molecule has 3 heterocycles. The summed E-state index contributed by atoms with van der Waals surface area (Å²) in [5, 5.41) is 8.44. The number of hydrogen-bond acceptors (Lipinski definition) is 7. The van der Waals surface area contributed by atoms with Gasteiger partial charge in [-0.25, -0.2) is 4.98 Å². The number of carbonyl (C=O) groups excluding carboxylic acids is 2. The molecule has 120 valence electrons. The number of rotatable bonds is 3. The molecule has 1 atom stereocenters. The fourth-order valence-electron chi connectivity index (χ4n) is 2.54. The number of amides is 2. The second-order valence-corrected chi connectivity index (χ2v) is 5.88. The lowest BCUT2D eigenvalue weighted by molar-refractivity contribution is 0.0755. The Morgan fingerprint density at radius 3 is 2.87 bits per heavy atom. The summed E-state index contributed by atoms with van der Waals surface area (Å²) in [6.45, 7) is 1.25. The van der Waals surface area contributed by atoms with Crippen LogP contribution in [0.15, 0.2) is 24.0 Å². The first-order chi connectivity index (χ1) is 11.2. The monoisotopic (exact) mass is 332 g/mol. The zero-order chi connectivity index (χ0) is 16.1. The van der Waals surface area contributed by atoms with Crippen molar-refractivity contribution in [1.82, 2.24) is 29.8 Å². The average molecular weight is 332 g/mol. The van der Waals surface area contributed by atoms with E-state index in [1.54, 1.807) is 10.3 Å². The van der Waals surface area contributed by atoms with E-state index in [9.17, 15) is 9.59 Å². The van der Waals surface area contributed by atoms with E-state index in [4.69, 9.17) is 0 Å². The van der Waals surface area contributed by atoms with Crippen LogP contribution in [0.25, 0.3) is 0 Å². The molecule has 2 aromatic heterocycles. The van der Waals surface area contributed by atoms with Crippen LogP contribution in [-0.2, 0) is 0 Å². The fourth-order valence-corrected chi connectivity index (χ4v) is 2.97. The number of likely N-dealkylation sites (tertiary alicyclic amines) is 1. The Labute approximate surface area is 137 Å². The summed E-state index contributed by atoms with van der Waals surface area (Å²) in [6, 6.07) is 0.0239. The van der Waals surface area contributed by atoms with Crippen LogP contribution in [0.1, 0.15) is 40.2 Å². The van der Waals surface area contributed by atoms with Gasteiger partial charge >= 0.3 is 0 Å². The van der Waals surface area contributed by atoms with Crippen molar-refractivity contribution in [3.05, 3.63) is 35.4 Å². The van der Waals surface area contributed by atoms with Gasteiger partial charge in [0.25, 0.3) is 11.8 Å². The number of nitrogens with zero attached hydrogens (tertiary/aromatic N) is 5. The second kappa shape index (κ2) is 7.23. The molecule has 2 aromatic rings. The molecule has 1 saturated heterocycles. The maximum absolute atomic E-state index is 12.3. The highest BCUT2D eigenvalue weighted by Gasteiger charge is 2.24. The summed E-state index contributed by atoms with van der Waals surface area (Å²) in [6.07, 6.45) is 6.82. The van der Waals surface area contributed by atoms with Crippen molar-refractivity contribution in [3.63, 3.8) is 0 Å². The zero-order valence-electron chi connectivity index (χ0n) is 12.4. The van der Waals surface area contributed by atoms with Crippen molar-refractivity contribution >= 4 is 23.3 Å². The molecule has 0 saturated carbocycles. The smallest absolute Gasteiger partial charge is 0.275 e. The van der Waals surface area contributed by atoms with Gasteiger partial charge in [0.15, 0.2) is 5.69 Å². The van der Waals surface area contributed by atoms with E-state index < -0.39 is 0 Å². The molecule has 2 amide bonds. The normalized spacial score (nSPS) is 18.3. The standard InChI is InChI=1S/C14H16N6O2S/c21-13(11-8-15-4-5-16-11)17-10-2-1-6-20(7-3-10)14(22)12-9-23-19-18-12/h4-5,8-10H,1-3,6-7H2,(H,17,21). The fraction of sp³-hybridized carbons (Fsp3) is 0.429. The minimum absolute atomic E-state index is 0.0239. The third-order valence-electron chi connectivity index (χ3n) is 3.73. The first kappa shape index (κ1) is 15.5. The van der Waals surface area contributed by atoms with Crippen molar-refractivity contribution in [2.45, 2.75) is 25.3 Å². The molecule has 0 spiro atoms. The van der Waals surface area contributed by atoms with Gasteiger partial charge in [0.1, 0.15) is 5.69 Å². The minimum atomic E-state index is -0.230. The molecule has 0 bridgehead atoms. The van der Waals surface area contributed by atoms with Crippen LogP contribution in [0.2, 0.25) is 0 Å². The van der Waals surface area contributed by atoms with Crippen molar-refractivity contribution in [2.75, 3.05) is 13.1 Å². The maximum atomic E-state index is 12.3. The molecule has 9 heteroatoms. The Hall–Kier alpha value is -2.42. The molecule has 8 nitrogen and oxygen atoms in total. The van der Waals surface area contributed by atoms with Crippen LogP contribution in [0.5, 0.6) is 0 Å². The summed E-state index contributed by atoms with van der Waals surface area (Å²) in [5.41, 5.74) is 0.690. The van der Waals surface area contributed by atoms with Gasteiger partial charge in [-0.05, 0) is 30.8 Å². The van der Waals surface area contributed by atoms with E-state index in [-0.39, 0.29) is 17.9 Å². The quantitative estimate of drug-likeness (QED) is 0.890. The van der Waals surface area contributed by atoms with Crippen molar-refractivity contribution in [1.29, 1.82) is 0 Å². The summed E-state index contributed by atoms with van der Waals surface area (Å²) in [5.74, 6) is -0.328. The Morgan fingerprint density at radius 2 is 2.13 bits per heavy atom. The molecule has 0 aromatic carbocycles. The molecule has 0 aliphatic carbocycles. The third kappa shape index (κ3) is 3.86. The highest BCUT2D eigenvalue weighted by molar-refractivity contribution is 7.03. The Morgan fingerprint density at radius 1 is 1.22 bits per heavy atom. The van der Waals surface area contributed by atoms with Crippen LogP contribution >= 0.6 is 11.5 Å². The predicted octanol–water partition coefficient (Wildman–Crippen LogP) is 0.753. The van der Waals surface area contributed by atoms with E-state index in [1.807, 2.05) is 0 Å². The highest BCUT2D eigenvalue weighted by atomic mass is 32.1. The molecule has 1 unspecified atom stereocenters. The predicted molar refractivity (Wildman–Crippen MR) is 82.9 cm³/mol. The van der Waals surface area contributed by atoms with Crippen molar-refractivity contribution < 1.29 is 9.59 Å². The van der Waals surface area contributed by atoms with Gasteiger partial charge in [-0.3, -0.25) is 14.6 Å². The van der Waals surface area contributed by atoms with Gasteiger partial charge in [-0.1, -0.05) is 4.49 Å². The molecule has 1 aliphatic rings. The number of nitrogens with one attached hydrogen (secondary N) is 1. The van der Waals surface area contributed by atoms with E-state index in [0.717, 1.165) is 12.8 Å². The highest BCUT2D eigenvalue weighted by Crippen LogP contribution is 2.14. The van der Waals surface area contributed by atoms with Gasteiger partial charge in [-0.2, -0.15) is 0 Å². The lowest BCUT2D eigenvalue weighted by Gasteiger charge is -2.19. The van der Waals surface area contributed by atoms with Gasteiger partial charge in [-0.15, -0.1) is 5.10 Å². The van der Waals surface area contributed by atoms with Crippen LogP contribution in [-0.4, -0.2) is 55.4 Å². The molecular weight excluding hydrogens is 316 g/mol. The average Bonchev–Trinajstić information content (AvgIpc) is 3.02. The molecule has 23 heavy (non-hydrogen) atoms. The Kier molecular flexibility index (Phi) is 4.86. The van der Waals surface area contributed by atoms with Gasteiger partial charge < -0.3 is 10.2 Å². The molecule has 0 radical (unpaired) electrons.